The first-order valence-corrected chi connectivity index (χ1v) is 9.38. The molecule has 0 atom stereocenters. The summed E-state index contributed by atoms with van der Waals surface area (Å²) in [6.45, 7) is 0.532. The lowest BCUT2D eigenvalue weighted by Crippen LogP contribution is -2.24. The van der Waals surface area contributed by atoms with Gasteiger partial charge >= 0.3 is 0 Å². The second-order valence-electron chi connectivity index (χ2n) is 6.44. The van der Waals surface area contributed by atoms with Crippen molar-refractivity contribution in [1.82, 2.24) is 19.1 Å². The minimum absolute atomic E-state index is 0.188. The summed E-state index contributed by atoms with van der Waals surface area (Å²) in [6.07, 6.45) is 2.91. The molecule has 0 saturated heterocycles. The van der Waals surface area contributed by atoms with E-state index in [1.54, 1.807) is 27.6 Å². The van der Waals surface area contributed by atoms with Gasteiger partial charge in [-0.15, -0.1) is 0 Å². The number of aromatic nitrogens is 4. The molecule has 0 bridgehead atoms. The van der Waals surface area contributed by atoms with Crippen LogP contribution in [0.3, 0.4) is 0 Å². The fourth-order valence-electron chi connectivity index (χ4n) is 3.06. The predicted molar refractivity (Wildman–Crippen MR) is 109 cm³/mol. The minimum atomic E-state index is -0.188. The normalized spacial score (nSPS) is 11.1. The van der Waals surface area contributed by atoms with Crippen LogP contribution in [-0.4, -0.2) is 25.7 Å². The van der Waals surface area contributed by atoms with Gasteiger partial charge in [-0.3, -0.25) is 9.36 Å². The molecule has 0 fully saturated rings. The van der Waals surface area contributed by atoms with Crippen molar-refractivity contribution in [3.05, 3.63) is 82.1 Å². The lowest BCUT2D eigenvalue weighted by molar-refractivity contribution is 0.309. The highest BCUT2D eigenvalue weighted by molar-refractivity contribution is 6.30. The Morgan fingerprint density at radius 3 is 2.57 bits per heavy atom. The lowest BCUT2D eigenvalue weighted by Gasteiger charge is -2.13. The molecule has 142 valence electrons. The number of ether oxygens (including phenoxy) is 1. The Balaban J connectivity index is 1.65. The number of benzene rings is 2. The van der Waals surface area contributed by atoms with E-state index in [4.69, 9.17) is 21.3 Å². The minimum Gasteiger partial charge on any atom is -0.494 e. The first kappa shape index (κ1) is 18.3. The van der Waals surface area contributed by atoms with Crippen LogP contribution in [0.1, 0.15) is 12.2 Å². The zero-order chi connectivity index (χ0) is 19.5. The number of hydrogen-bond donors (Lipinski definition) is 0. The highest BCUT2D eigenvalue weighted by atomic mass is 35.5. The standard InChI is InChI=1S/C21H19ClN4O2/c1-25-14-23-19-20(25)24-18(8-5-13-28-17-6-3-2-4-7-17)26(21(19)27)16-11-9-15(22)10-12-16/h2-4,6-7,9-12,14H,5,8,13H2,1H3. The Bertz CT molecular complexity index is 1150. The molecule has 0 amide bonds. The fourth-order valence-corrected chi connectivity index (χ4v) is 3.19. The summed E-state index contributed by atoms with van der Waals surface area (Å²) in [4.78, 5) is 22.0. The maximum atomic E-state index is 13.1. The molecular weight excluding hydrogens is 376 g/mol. The zero-order valence-corrected chi connectivity index (χ0v) is 16.1. The van der Waals surface area contributed by atoms with Gasteiger partial charge in [0.1, 0.15) is 11.6 Å². The summed E-state index contributed by atoms with van der Waals surface area (Å²) in [5.74, 6) is 1.49. The molecule has 7 heteroatoms. The molecule has 2 aromatic heterocycles. The van der Waals surface area contributed by atoms with Gasteiger partial charge in [0, 0.05) is 18.5 Å². The second kappa shape index (κ2) is 7.86. The molecule has 0 aliphatic heterocycles. The molecule has 0 spiro atoms. The molecule has 4 aromatic rings. The van der Waals surface area contributed by atoms with Crippen molar-refractivity contribution in [2.75, 3.05) is 6.61 Å². The van der Waals surface area contributed by atoms with E-state index in [0.29, 0.717) is 40.7 Å². The molecule has 2 heterocycles. The molecular formula is C21H19ClN4O2. The van der Waals surface area contributed by atoms with Gasteiger partial charge in [0.15, 0.2) is 11.2 Å². The quantitative estimate of drug-likeness (QED) is 0.467. The van der Waals surface area contributed by atoms with Crippen molar-refractivity contribution >= 4 is 22.8 Å². The van der Waals surface area contributed by atoms with E-state index in [0.717, 1.165) is 12.2 Å². The van der Waals surface area contributed by atoms with E-state index >= 15 is 0 Å². The third-order valence-electron chi connectivity index (χ3n) is 4.45. The Hall–Kier alpha value is -3.12. The number of nitrogens with zero attached hydrogens (tertiary/aromatic N) is 4. The van der Waals surface area contributed by atoms with Gasteiger partial charge in [0.25, 0.3) is 5.56 Å². The summed E-state index contributed by atoms with van der Waals surface area (Å²) >= 11 is 6.00. The maximum absolute atomic E-state index is 13.1. The van der Waals surface area contributed by atoms with Gasteiger partial charge in [-0.25, -0.2) is 9.97 Å². The van der Waals surface area contributed by atoms with Gasteiger partial charge in [0.05, 0.1) is 18.6 Å². The van der Waals surface area contributed by atoms with Crippen LogP contribution in [0.2, 0.25) is 5.02 Å². The highest BCUT2D eigenvalue weighted by Crippen LogP contribution is 2.16. The van der Waals surface area contributed by atoms with Crippen LogP contribution < -0.4 is 10.3 Å². The van der Waals surface area contributed by atoms with E-state index < -0.39 is 0 Å². The Morgan fingerprint density at radius 2 is 1.82 bits per heavy atom. The fraction of sp³-hybridized carbons (Fsp3) is 0.190. The van der Waals surface area contributed by atoms with Crippen LogP contribution >= 0.6 is 11.6 Å². The van der Waals surface area contributed by atoms with Crippen LogP contribution in [0.15, 0.2) is 65.7 Å². The van der Waals surface area contributed by atoms with Crippen LogP contribution in [0.5, 0.6) is 5.75 Å². The zero-order valence-electron chi connectivity index (χ0n) is 15.4. The van der Waals surface area contributed by atoms with Gasteiger partial charge in [-0.2, -0.15) is 0 Å². The van der Waals surface area contributed by atoms with Crippen molar-refractivity contribution in [2.24, 2.45) is 7.05 Å². The van der Waals surface area contributed by atoms with E-state index in [-0.39, 0.29) is 5.56 Å². The van der Waals surface area contributed by atoms with Gasteiger partial charge < -0.3 is 9.30 Å². The average molecular weight is 395 g/mol. The number of rotatable bonds is 6. The summed E-state index contributed by atoms with van der Waals surface area (Å²) in [5.41, 5.74) is 1.45. The predicted octanol–water partition coefficient (Wildman–Crippen LogP) is 3.78. The van der Waals surface area contributed by atoms with Gasteiger partial charge in [0.2, 0.25) is 0 Å². The van der Waals surface area contributed by atoms with Gasteiger partial charge in [-0.1, -0.05) is 29.8 Å². The Kier molecular flexibility index (Phi) is 5.12. The molecule has 4 rings (SSSR count). The molecule has 0 aliphatic rings. The van der Waals surface area contributed by atoms with E-state index in [9.17, 15) is 4.79 Å². The number of hydrogen-bond acceptors (Lipinski definition) is 4. The second-order valence-corrected chi connectivity index (χ2v) is 6.87. The van der Waals surface area contributed by atoms with Crippen LogP contribution in [-0.2, 0) is 13.5 Å². The highest BCUT2D eigenvalue weighted by Gasteiger charge is 2.15. The van der Waals surface area contributed by atoms with Crippen LogP contribution in [0.4, 0.5) is 0 Å². The molecule has 0 aliphatic carbocycles. The van der Waals surface area contributed by atoms with E-state index in [1.807, 2.05) is 49.5 Å². The average Bonchev–Trinajstić information content (AvgIpc) is 3.08. The van der Waals surface area contributed by atoms with Crippen molar-refractivity contribution in [3.8, 4) is 11.4 Å². The Labute approximate surface area is 167 Å². The molecule has 0 saturated carbocycles. The summed E-state index contributed by atoms with van der Waals surface area (Å²) in [7, 11) is 1.83. The molecule has 0 radical (unpaired) electrons. The summed E-state index contributed by atoms with van der Waals surface area (Å²) in [6, 6.07) is 16.8. The number of imidazole rings is 1. The maximum Gasteiger partial charge on any atom is 0.286 e. The topological polar surface area (TPSA) is 61.9 Å². The Morgan fingerprint density at radius 1 is 1.07 bits per heavy atom. The summed E-state index contributed by atoms with van der Waals surface area (Å²) in [5, 5.41) is 0.612. The third-order valence-corrected chi connectivity index (χ3v) is 4.70. The van der Waals surface area contributed by atoms with E-state index in [2.05, 4.69) is 4.98 Å². The SMILES string of the molecule is Cn1cnc2c(=O)n(-c3ccc(Cl)cc3)c(CCCOc3ccccc3)nc21. The number of para-hydroxylation sites is 1. The summed E-state index contributed by atoms with van der Waals surface area (Å²) < 4.78 is 9.13. The first-order valence-electron chi connectivity index (χ1n) is 9.00. The number of halogens is 1. The lowest BCUT2D eigenvalue weighted by atomic mass is 10.2. The molecule has 6 nitrogen and oxygen atoms in total. The third kappa shape index (κ3) is 3.64. The number of fused-ring (bicyclic) bond motifs is 1. The van der Waals surface area contributed by atoms with Crippen LogP contribution in [0.25, 0.3) is 16.9 Å². The van der Waals surface area contributed by atoms with Gasteiger partial charge in [-0.05, 0) is 42.8 Å². The first-order chi connectivity index (χ1) is 13.6. The van der Waals surface area contributed by atoms with Crippen molar-refractivity contribution in [2.45, 2.75) is 12.8 Å². The smallest absolute Gasteiger partial charge is 0.286 e. The number of aryl methyl sites for hydroxylation is 2. The molecule has 28 heavy (non-hydrogen) atoms. The molecule has 0 unspecified atom stereocenters. The van der Waals surface area contributed by atoms with Crippen molar-refractivity contribution in [1.29, 1.82) is 0 Å². The van der Waals surface area contributed by atoms with Crippen LogP contribution in [0, 0.1) is 0 Å². The molecule has 2 aromatic carbocycles. The van der Waals surface area contributed by atoms with Crippen molar-refractivity contribution in [3.63, 3.8) is 0 Å². The monoisotopic (exact) mass is 394 g/mol. The largest absolute Gasteiger partial charge is 0.494 e. The molecule has 0 N–H and O–H groups in total. The van der Waals surface area contributed by atoms with Crippen molar-refractivity contribution < 1.29 is 4.74 Å². The van der Waals surface area contributed by atoms with E-state index in [1.165, 1.54) is 0 Å².